The molecular formula is C17H21ClN4O3S2. The molecule has 0 unspecified atom stereocenters. The minimum absolute atomic E-state index is 0.0284. The van der Waals surface area contributed by atoms with Gasteiger partial charge in [0.1, 0.15) is 4.90 Å². The molecule has 1 aromatic carbocycles. The number of aromatic nitrogens is 2. The molecule has 7 nitrogen and oxygen atoms in total. The van der Waals surface area contributed by atoms with Crippen LogP contribution in [0.1, 0.15) is 19.3 Å². The minimum Gasteiger partial charge on any atom is -0.329 e. The van der Waals surface area contributed by atoms with Crippen LogP contribution in [-0.2, 0) is 21.9 Å². The number of piperidine rings is 1. The maximum atomic E-state index is 12.9. The van der Waals surface area contributed by atoms with Crippen LogP contribution in [0.15, 0.2) is 40.6 Å². The highest BCUT2D eigenvalue weighted by Gasteiger charge is 2.28. The van der Waals surface area contributed by atoms with Crippen molar-refractivity contribution in [1.82, 2.24) is 13.9 Å². The van der Waals surface area contributed by atoms with Crippen molar-refractivity contribution >= 4 is 45.0 Å². The lowest BCUT2D eigenvalue weighted by Gasteiger charge is -2.26. The van der Waals surface area contributed by atoms with Crippen LogP contribution >= 0.6 is 23.4 Å². The Morgan fingerprint density at radius 3 is 2.70 bits per heavy atom. The monoisotopic (exact) mass is 428 g/mol. The molecule has 1 aliphatic heterocycles. The van der Waals surface area contributed by atoms with E-state index in [4.69, 9.17) is 11.6 Å². The third-order valence-corrected chi connectivity index (χ3v) is 7.70. The predicted octanol–water partition coefficient (Wildman–Crippen LogP) is 2.98. The predicted molar refractivity (Wildman–Crippen MR) is 107 cm³/mol. The van der Waals surface area contributed by atoms with Crippen molar-refractivity contribution in [2.24, 2.45) is 7.05 Å². The molecule has 1 aliphatic rings. The average molecular weight is 429 g/mol. The number of hydrogen-bond acceptors (Lipinski definition) is 5. The molecule has 0 bridgehead atoms. The minimum atomic E-state index is -3.67. The fourth-order valence-electron chi connectivity index (χ4n) is 2.84. The van der Waals surface area contributed by atoms with Crippen LogP contribution in [0.25, 0.3) is 0 Å². The first-order chi connectivity index (χ1) is 12.9. The van der Waals surface area contributed by atoms with Crippen molar-refractivity contribution in [1.29, 1.82) is 0 Å². The molecular weight excluding hydrogens is 408 g/mol. The van der Waals surface area contributed by atoms with Crippen molar-refractivity contribution < 1.29 is 13.2 Å². The van der Waals surface area contributed by atoms with Gasteiger partial charge in [0.05, 0.1) is 10.8 Å². The van der Waals surface area contributed by atoms with Crippen molar-refractivity contribution in [3.05, 3.63) is 35.6 Å². The van der Waals surface area contributed by atoms with E-state index in [2.05, 4.69) is 10.3 Å². The van der Waals surface area contributed by atoms with Gasteiger partial charge in [0, 0.05) is 38.2 Å². The molecule has 1 amide bonds. The van der Waals surface area contributed by atoms with Crippen molar-refractivity contribution in [2.45, 2.75) is 29.3 Å². The summed E-state index contributed by atoms with van der Waals surface area (Å²) in [6.07, 6.45) is 6.19. The van der Waals surface area contributed by atoms with Gasteiger partial charge in [-0.05, 0) is 31.0 Å². The van der Waals surface area contributed by atoms with Crippen molar-refractivity contribution in [3.63, 3.8) is 0 Å². The van der Waals surface area contributed by atoms with Gasteiger partial charge in [-0.25, -0.2) is 13.4 Å². The Hall–Kier alpha value is -1.55. The van der Waals surface area contributed by atoms with Gasteiger partial charge in [-0.3, -0.25) is 4.79 Å². The first-order valence-electron chi connectivity index (χ1n) is 8.57. The smallest absolute Gasteiger partial charge is 0.244 e. The molecule has 1 aromatic heterocycles. The third kappa shape index (κ3) is 4.84. The van der Waals surface area contributed by atoms with E-state index < -0.39 is 10.0 Å². The molecule has 1 N–H and O–H groups in total. The third-order valence-electron chi connectivity index (χ3n) is 4.26. The van der Waals surface area contributed by atoms with Crippen molar-refractivity contribution in [3.8, 4) is 0 Å². The number of nitrogens with one attached hydrogen (secondary N) is 1. The number of hydrogen-bond donors (Lipinski definition) is 1. The molecule has 0 aliphatic carbocycles. The Labute approximate surface area is 168 Å². The standard InChI is InChI=1S/C17H21ClN4O3S2/c1-21-10-7-19-17(21)26-12-16(23)20-13-5-6-14(18)15(11-13)27(24,25)22-8-3-2-4-9-22/h5-7,10-11H,2-4,8-9,12H2,1H3,(H,20,23). The number of sulfonamides is 1. The number of amides is 1. The van der Waals surface area contributed by atoms with Crippen LogP contribution < -0.4 is 5.32 Å². The Balaban J connectivity index is 1.71. The Bertz CT molecular complexity index is 924. The summed E-state index contributed by atoms with van der Waals surface area (Å²) in [6.45, 7) is 0.991. The molecule has 0 saturated carbocycles. The van der Waals surface area contributed by atoms with E-state index in [9.17, 15) is 13.2 Å². The molecule has 1 saturated heterocycles. The van der Waals surface area contributed by atoms with E-state index in [0.29, 0.717) is 18.8 Å². The molecule has 0 atom stereocenters. The van der Waals surface area contributed by atoms with Crippen molar-refractivity contribution in [2.75, 3.05) is 24.2 Å². The topological polar surface area (TPSA) is 84.3 Å². The van der Waals surface area contributed by atoms with E-state index in [1.54, 1.807) is 18.5 Å². The van der Waals surface area contributed by atoms with Crippen LogP contribution in [0.4, 0.5) is 5.69 Å². The maximum Gasteiger partial charge on any atom is 0.244 e. The van der Waals surface area contributed by atoms with E-state index in [-0.39, 0.29) is 21.6 Å². The maximum absolute atomic E-state index is 12.9. The lowest BCUT2D eigenvalue weighted by Crippen LogP contribution is -2.35. The molecule has 27 heavy (non-hydrogen) atoms. The Kier molecular flexibility index (Phi) is 6.46. The normalized spacial score (nSPS) is 15.6. The highest BCUT2D eigenvalue weighted by atomic mass is 35.5. The van der Waals surface area contributed by atoms with Crippen LogP contribution in [0, 0.1) is 0 Å². The average Bonchev–Trinajstić information content (AvgIpc) is 3.07. The van der Waals surface area contributed by atoms with E-state index in [1.807, 2.05) is 11.6 Å². The number of halogens is 1. The second kappa shape index (κ2) is 8.64. The van der Waals surface area contributed by atoms with E-state index in [1.165, 1.54) is 28.2 Å². The van der Waals surface area contributed by atoms with Crippen LogP contribution in [0.3, 0.4) is 0 Å². The van der Waals surface area contributed by atoms with Gasteiger partial charge in [-0.15, -0.1) is 0 Å². The summed E-state index contributed by atoms with van der Waals surface area (Å²) < 4.78 is 29.0. The lowest BCUT2D eigenvalue weighted by atomic mass is 10.2. The van der Waals surface area contributed by atoms with Crippen LogP contribution in [0.2, 0.25) is 5.02 Å². The van der Waals surface area contributed by atoms with Crippen LogP contribution in [0.5, 0.6) is 0 Å². The number of nitrogens with zero attached hydrogens (tertiary/aromatic N) is 3. The summed E-state index contributed by atoms with van der Waals surface area (Å²) in [5.41, 5.74) is 0.403. The second-order valence-electron chi connectivity index (χ2n) is 6.27. The second-order valence-corrected chi connectivity index (χ2v) is 9.52. The van der Waals surface area contributed by atoms with Gasteiger partial charge < -0.3 is 9.88 Å². The summed E-state index contributed by atoms with van der Waals surface area (Å²) in [7, 11) is -1.82. The van der Waals surface area contributed by atoms with E-state index in [0.717, 1.165) is 24.4 Å². The zero-order chi connectivity index (χ0) is 19.4. The van der Waals surface area contributed by atoms with Crippen LogP contribution in [-0.4, -0.2) is 47.0 Å². The zero-order valence-corrected chi connectivity index (χ0v) is 17.3. The van der Waals surface area contributed by atoms with Gasteiger partial charge in [0.15, 0.2) is 5.16 Å². The summed E-state index contributed by atoms with van der Waals surface area (Å²) >= 11 is 7.45. The Morgan fingerprint density at radius 1 is 1.30 bits per heavy atom. The summed E-state index contributed by atoms with van der Waals surface area (Å²) in [4.78, 5) is 16.4. The number of imidazole rings is 1. The molecule has 1 fully saturated rings. The fourth-order valence-corrected chi connectivity index (χ4v) is 5.59. The molecule has 2 aromatic rings. The summed E-state index contributed by atoms with van der Waals surface area (Å²) in [5.74, 6) is -0.0755. The molecule has 0 radical (unpaired) electrons. The van der Waals surface area contributed by atoms with Gasteiger partial charge >= 0.3 is 0 Å². The molecule has 10 heteroatoms. The van der Waals surface area contributed by atoms with Gasteiger partial charge in [-0.2, -0.15) is 4.31 Å². The highest BCUT2D eigenvalue weighted by molar-refractivity contribution is 7.99. The molecule has 3 rings (SSSR count). The number of rotatable bonds is 6. The zero-order valence-electron chi connectivity index (χ0n) is 14.9. The van der Waals surface area contributed by atoms with Gasteiger partial charge in [0.2, 0.25) is 15.9 Å². The Morgan fingerprint density at radius 2 is 2.04 bits per heavy atom. The fraction of sp³-hybridized carbons (Fsp3) is 0.412. The first-order valence-corrected chi connectivity index (χ1v) is 11.4. The summed E-state index contributed by atoms with van der Waals surface area (Å²) in [5, 5.41) is 3.61. The summed E-state index contributed by atoms with van der Waals surface area (Å²) in [6, 6.07) is 4.52. The number of carbonyl (C=O) groups excluding carboxylic acids is 1. The van der Waals surface area contributed by atoms with Gasteiger partial charge in [0.25, 0.3) is 0 Å². The first kappa shape index (κ1) is 20.2. The number of benzene rings is 1. The van der Waals surface area contributed by atoms with E-state index >= 15 is 0 Å². The number of anilines is 1. The quantitative estimate of drug-likeness (QED) is 0.715. The lowest BCUT2D eigenvalue weighted by molar-refractivity contribution is -0.113. The highest BCUT2D eigenvalue weighted by Crippen LogP contribution is 2.29. The molecule has 2 heterocycles. The molecule has 146 valence electrons. The van der Waals surface area contributed by atoms with Gasteiger partial charge in [-0.1, -0.05) is 29.8 Å². The SMILES string of the molecule is Cn1ccnc1SCC(=O)Nc1ccc(Cl)c(S(=O)(=O)N2CCCCC2)c1. The number of carbonyl (C=O) groups is 1. The number of aryl methyl sites for hydroxylation is 1. The number of thioether (sulfide) groups is 1. The largest absolute Gasteiger partial charge is 0.329 e. The molecule has 0 spiro atoms.